The van der Waals surface area contributed by atoms with Gasteiger partial charge in [0.1, 0.15) is 0 Å². The first-order valence-electron chi connectivity index (χ1n) is 3.11. The van der Waals surface area contributed by atoms with E-state index in [2.05, 4.69) is 15.9 Å². The molecule has 0 aliphatic heterocycles. The minimum absolute atomic E-state index is 0.604. The van der Waals surface area contributed by atoms with Crippen LogP contribution in [0.15, 0.2) is 0 Å². The minimum atomic E-state index is 0.604. The molecule has 0 bridgehead atoms. The lowest BCUT2D eigenvalue weighted by molar-refractivity contribution is 0.0118. The van der Waals surface area contributed by atoms with Crippen LogP contribution in [-0.4, -0.2) is 18.0 Å². The zero-order valence-corrected chi connectivity index (χ0v) is 6.49. The molecule has 1 aliphatic carbocycles. The van der Waals surface area contributed by atoms with Crippen LogP contribution in [0.3, 0.4) is 0 Å². The maximum Gasteiger partial charge on any atom is 0.0575 e. The standard InChI is InChI=1S/C6H11BrO/c7-4-5-8-6-2-1-3-6/h6H,1-5H2. The second-order valence-corrected chi connectivity index (χ2v) is 2.91. The van der Waals surface area contributed by atoms with Crippen LogP contribution in [0.5, 0.6) is 0 Å². The van der Waals surface area contributed by atoms with Crippen molar-refractivity contribution in [3.05, 3.63) is 0 Å². The topological polar surface area (TPSA) is 9.23 Å². The Kier molecular flexibility index (Phi) is 2.84. The average molecular weight is 179 g/mol. The first-order valence-corrected chi connectivity index (χ1v) is 4.23. The molecule has 0 radical (unpaired) electrons. The molecule has 1 saturated carbocycles. The molecule has 1 aliphatic rings. The molecule has 0 heterocycles. The van der Waals surface area contributed by atoms with Gasteiger partial charge in [-0.2, -0.15) is 0 Å². The Morgan fingerprint density at radius 1 is 1.50 bits per heavy atom. The van der Waals surface area contributed by atoms with E-state index >= 15 is 0 Å². The quantitative estimate of drug-likeness (QED) is 0.601. The summed E-state index contributed by atoms with van der Waals surface area (Å²) in [4.78, 5) is 0. The van der Waals surface area contributed by atoms with Crippen LogP contribution >= 0.6 is 15.9 Å². The summed E-state index contributed by atoms with van der Waals surface area (Å²) in [5.41, 5.74) is 0. The number of hydrogen-bond donors (Lipinski definition) is 0. The summed E-state index contributed by atoms with van der Waals surface area (Å²) in [5, 5.41) is 0.976. The highest BCUT2D eigenvalue weighted by Crippen LogP contribution is 2.21. The largest absolute Gasteiger partial charge is 0.377 e. The lowest BCUT2D eigenvalue weighted by Gasteiger charge is -2.24. The third-order valence-electron chi connectivity index (χ3n) is 1.48. The van der Waals surface area contributed by atoms with Crippen LogP contribution in [-0.2, 0) is 4.74 Å². The predicted octanol–water partition coefficient (Wildman–Crippen LogP) is 1.95. The zero-order valence-electron chi connectivity index (χ0n) is 4.90. The van der Waals surface area contributed by atoms with Crippen molar-refractivity contribution in [1.29, 1.82) is 0 Å². The van der Waals surface area contributed by atoms with Crippen LogP contribution in [0.2, 0.25) is 0 Å². The van der Waals surface area contributed by atoms with Gasteiger partial charge in [-0.05, 0) is 19.3 Å². The van der Waals surface area contributed by atoms with Gasteiger partial charge in [0, 0.05) is 5.33 Å². The predicted molar refractivity (Wildman–Crippen MR) is 37.4 cm³/mol. The molecule has 0 unspecified atom stereocenters. The first-order chi connectivity index (χ1) is 3.93. The van der Waals surface area contributed by atoms with Crippen molar-refractivity contribution in [2.75, 3.05) is 11.9 Å². The zero-order chi connectivity index (χ0) is 5.82. The van der Waals surface area contributed by atoms with Gasteiger partial charge in [0.2, 0.25) is 0 Å². The fraction of sp³-hybridized carbons (Fsp3) is 1.00. The number of halogens is 1. The van der Waals surface area contributed by atoms with Crippen molar-refractivity contribution in [2.24, 2.45) is 0 Å². The molecule has 0 saturated heterocycles. The molecule has 0 aromatic rings. The van der Waals surface area contributed by atoms with Gasteiger partial charge in [0.05, 0.1) is 12.7 Å². The summed E-state index contributed by atoms with van der Waals surface area (Å²) in [7, 11) is 0. The van der Waals surface area contributed by atoms with Gasteiger partial charge in [0.25, 0.3) is 0 Å². The van der Waals surface area contributed by atoms with E-state index in [0.29, 0.717) is 6.10 Å². The Hall–Kier alpha value is 0.440. The maximum atomic E-state index is 5.38. The Bertz CT molecular complexity index is 61.5. The molecule has 1 rings (SSSR count). The van der Waals surface area contributed by atoms with Crippen LogP contribution in [0.25, 0.3) is 0 Å². The van der Waals surface area contributed by atoms with Gasteiger partial charge in [-0.1, -0.05) is 15.9 Å². The van der Waals surface area contributed by atoms with Gasteiger partial charge in [-0.25, -0.2) is 0 Å². The SMILES string of the molecule is BrCCOC1CCC1. The Balaban J connectivity index is 1.86. The maximum absolute atomic E-state index is 5.38. The van der Waals surface area contributed by atoms with E-state index in [1.54, 1.807) is 0 Å². The third-order valence-corrected chi connectivity index (χ3v) is 1.81. The number of ether oxygens (including phenoxy) is 1. The van der Waals surface area contributed by atoms with Crippen molar-refractivity contribution in [1.82, 2.24) is 0 Å². The lowest BCUT2D eigenvalue weighted by Crippen LogP contribution is -2.22. The van der Waals surface area contributed by atoms with Gasteiger partial charge in [-0.3, -0.25) is 0 Å². The molecule has 1 nitrogen and oxygen atoms in total. The lowest BCUT2D eigenvalue weighted by atomic mass is 9.96. The second kappa shape index (κ2) is 3.46. The Morgan fingerprint density at radius 3 is 2.62 bits per heavy atom. The summed E-state index contributed by atoms with van der Waals surface area (Å²) < 4.78 is 5.38. The Labute approximate surface area is 58.5 Å². The van der Waals surface area contributed by atoms with Gasteiger partial charge in [-0.15, -0.1) is 0 Å². The monoisotopic (exact) mass is 178 g/mol. The summed E-state index contributed by atoms with van der Waals surface area (Å²) in [6.07, 6.45) is 4.54. The van der Waals surface area contributed by atoms with Crippen molar-refractivity contribution >= 4 is 15.9 Å². The number of alkyl halides is 1. The van der Waals surface area contributed by atoms with Crippen LogP contribution in [0.4, 0.5) is 0 Å². The fourth-order valence-corrected chi connectivity index (χ4v) is 0.936. The van der Waals surface area contributed by atoms with E-state index in [9.17, 15) is 0 Å². The molecule has 0 aromatic heterocycles. The highest BCUT2D eigenvalue weighted by Gasteiger charge is 2.16. The third kappa shape index (κ3) is 1.75. The normalized spacial score (nSPS) is 20.6. The average Bonchev–Trinajstić information content (AvgIpc) is 1.63. The summed E-state index contributed by atoms with van der Waals surface area (Å²) in [5.74, 6) is 0. The van der Waals surface area contributed by atoms with E-state index in [4.69, 9.17) is 4.74 Å². The molecule has 0 N–H and O–H groups in total. The highest BCUT2D eigenvalue weighted by atomic mass is 79.9. The van der Waals surface area contributed by atoms with Crippen LogP contribution < -0.4 is 0 Å². The van der Waals surface area contributed by atoms with Crippen molar-refractivity contribution in [3.8, 4) is 0 Å². The van der Waals surface area contributed by atoms with E-state index in [1.807, 2.05) is 0 Å². The Morgan fingerprint density at radius 2 is 2.25 bits per heavy atom. The molecule has 2 heteroatoms. The molecule has 0 amide bonds. The minimum Gasteiger partial charge on any atom is -0.377 e. The molecule has 0 spiro atoms. The van der Waals surface area contributed by atoms with Crippen LogP contribution in [0, 0.1) is 0 Å². The molecule has 0 atom stereocenters. The molecule has 0 aromatic carbocycles. The molecular weight excluding hydrogens is 168 g/mol. The number of hydrogen-bond acceptors (Lipinski definition) is 1. The molecule has 1 fully saturated rings. The van der Waals surface area contributed by atoms with Crippen LogP contribution in [0.1, 0.15) is 19.3 Å². The smallest absolute Gasteiger partial charge is 0.0575 e. The molecular formula is C6H11BrO. The number of rotatable bonds is 3. The van der Waals surface area contributed by atoms with Gasteiger partial charge in [0.15, 0.2) is 0 Å². The fourth-order valence-electron chi connectivity index (χ4n) is 0.749. The summed E-state index contributed by atoms with van der Waals surface area (Å²) in [6.45, 7) is 0.880. The van der Waals surface area contributed by atoms with E-state index in [-0.39, 0.29) is 0 Å². The summed E-state index contributed by atoms with van der Waals surface area (Å²) in [6, 6.07) is 0. The first kappa shape index (κ1) is 6.56. The molecule has 8 heavy (non-hydrogen) atoms. The second-order valence-electron chi connectivity index (χ2n) is 2.11. The van der Waals surface area contributed by atoms with E-state index in [1.165, 1.54) is 19.3 Å². The van der Waals surface area contributed by atoms with Gasteiger partial charge >= 0.3 is 0 Å². The van der Waals surface area contributed by atoms with E-state index in [0.717, 1.165) is 11.9 Å². The van der Waals surface area contributed by atoms with Crippen molar-refractivity contribution in [3.63, 3.8) is 0 Å². The highest BCUT2D eigenvalue weighted by molar-refractivity contribution is 9.09. The van der Waals surface area contributed by atoms with Crippen molar-refractivity contribution in [2.45, 2.75) is 25.4 Å². The van der Waals surface area contributed by atoms with E-state index < -0.39 is 0 Å². The van der Waals surface area contributed by atoms with Gasteiger partial charge < -0.3 is 4.74 Å². The summed E-state index contributed by atoms with van der Waals surface area (Å²) >= 11 is 3.31. The van der Waals surface area contributed by atoms with Crippen molar-refractivity contribution < 1.29 is 4.74 Å². The molecule has 48 valence electrons.